The van der Waals surface area contributed by atoms with Crippen molar-refractivity contribution in [2.75, 3.05) is 18.4 Å². The summed E-state index contributed by atoms with van der Waals surface area (Å²) in [5.41, 5.74) is 3.02. The number of nitrogens with one attached hydrogen (secondary N) is 1. The van der Waals surface area contributed by atoms with Crippen molar-refractivity contribution in [2.24, 2.45) is 0 Å². The van der Waals surface area contributed by atoms with Gasteiger partial charge in [0.25, 0.3) is 5.91 Å². The topological polar surface area (TPSA) is 56.1 Å². The number of carbonyl (C=O) groups is 1. The van der Waals surface area contributed by atoms with E-state index in [-0.39, 0.29) is 11.5 Å². The van der Waals surface area contributed by atoms with Crippen LogP contribution in [-0.2, 0) is 4.79 Å². The first-order chi connectivity index (χ1) is 10.5. The first kappa shape index (κ1) is 17.8. The van der Waals surface area contributed by atoms with Crippen LogP contribution in [0.1, 0.15) is 37.8 Å². The normalized spacial score (nSPS) is 11.0. The fourth-order valence-corrected chi connectivity index (χ4v) is 2.28. The van der Waals surface area contributed by atoms with Crippen molar-refractivity contribution < 1.29 is 4.79 Å². The summed E-state index contributed by atoms with van der Waals surface area (Å²) in [6.45, 7) is 9.80. The van der Waals surface area contributed by atoms with E-state index in [9.17, 15) is 10.1 Å². The maximum absolute atomic E-state index is 12.3. The Kier molecular flexibility index (Phi) is 7.18. The number of nitriles is 1. The van der Waals surface area contributed by atoms with Crippen molar-refractivity contribution in [1.82, 2.24) is 4.90 Å². The summed E-state index contributed by atoms with van der Waals surface area (Å²) in [6, 6.07) is 7.83. The van der Waals surface area contributed by atoms with Gasteiger partial charge in [-0.2, -0.15) is 5.26 Å². The smallest absolute Gasteiger partial charge is 0.267 e. The monoisotopic (exact) mass is 299 g/mol. The summed E-state index contributed by atoms with van der Waals surface area (Å²) < 4.78 is 0. The van der Waals surface area contributed by atoms with E-state index in [2.05, 4.69) is 19.2 Å². The van der Waals surface area contributed by atoms with Crippen molar-refractivity contribution in [3.8, 4) is 6.07 Å². The van der Waals surface area contributed by atoms with Gasteiger partial charge in [0, 0.05) is 25.0 Å². The summed E-state index contributed by atoms with van der Waals surface area (Å²) in [7, 11) is 0. The highest BCUT2D eigenvalue weighted by Gasteiger charge is 2.12. The van der Waals surface area contributed by atoms with E-state index < -0.39 is 0 Å². The van der Waals surface area contributed by atoms with Gasteiger partial charge in [0.2, 0.25) is 0 Å². The minimum atomic E-state index is -0.355. The Morgan fingerprint density at radius 2 is 1.91 bits per heavy atom. The van der Waals surface area contributed by atoms with Gasteiger partial charge in [-0.05, 0) is 38.3 Å². The number of hydrogen-bond donors (Lipinski definition) is 1. The zero-order valence-electron chi connectivity index (χ0n) is 13.9. The lowest BCUT2D eigenvalue weighted by molar-refractivity contribution is -0.112. The summed E-state index contributed by atoms with van der Waals surface area (Å²) >= 11 is 0. The van der Waals surface area contributed by atoms with E-state index >= 15 is 0 Å². The quantitative estimate of drug-likeness (QED) is 0.616. The van der Waals surface area contributed by atoms with Crippen LogP contribution in [0.15, 0.2) is 30.0 Å². The highest BCUT2D eigenvalue weighted by molar-refractivity contribution is 6.06. The standard InChI is InChI=1S/C18H25N3O/c1-5-9-21(10-6-2)13-16(12-19)18(22)20-17-8-7-14(3)11-15(17)4/h7-8,11,13H,5-6,9-10H2,1-4H3,(H,20,22)/b16-13-. The zero-order chi connectivity index (χ0) is 16.5. The third-order valence-electron chi connectivity index (χ3n) is 3.33. The van der Waals surface area contributed by atoms with E-state index in [0.29, 0.717) is 0 Å². The molecule has 0 aliphatic carbocycles. The third kappa shape index (κ3) is 5.25. The van der Waals surface area contributed by atoms with Crippen LogP contribution in [-0.4, -0.2) is 23.9 Å². The Labute approximate surface area is 133 Å². The second-order valence-corrected chi connectivity index (χ2v) is 5.46. The molecule has 0 aliphatic heterocycles. The van der Waals surface area contributed by atoms with Crippen molar-refractivity contribution in [3.05, 3.63) is 41.1 Å². The molecule has 0 heterocycles. The van der Waals surface area contributed by atoms with Gasteiger partial charge in [-0.1, -0.05) is 31.5 Å². The Morgan fingerprint density at radius 3 is 2.41 bits per heavy atom. The predicted molar refractivity (Wildman–Crippen MR) is 90.4 cm³/mol. The second-order valence-electron chi connectivity index (χ2n) is 5.46. The van der Waals surface area contributed by atoms with Gasteiger partial charge in [0.1, 0.15) is 11.6 Å². The molecule has 0 saturated carbocycles. The van der Waals surface area contributed by atoms with Crippen molar-refractivity contribution in [1.29, 1.82) is 5.26 Å². The number of rotatable bonds is 7. The molecule has 22 heavy (non-hydrogen) atoms. The van der Waals surface area contributed by atoms with Gasteiger partial charge >= 0.3 is 0 Å². The van der Waals surface area contributed by atoms with Gasteiger partial charge < -0.3 is 10.2 Å². The maximum atomic E-state index is 12.3. The van der Waals surface area contributed by atoms with Crippen LogP contribution in [0.2, 0.25) is 0 Å². The van der Waals surface area contributed by atoms with Gasteiger partial charge in [-0.15, -0.1) is 0 Å². The molecule has 0 aliphatic rings. The summed E-state index contributed by atoms with van der Waals surface area (Å²) in [5.74, 6) is -0.355. The molecule has 0 spiro atoms. The predicted octanol–water partition coefficient (Wildman–Crippen LogP) is 3.77. The summed E-state index contributed by atoms with van der Waals surface area (Å²) in [5, 5.41) is 12.1. The number of aryl methyl sites for hydroxylation is 2. The maximum Gasteiger partial charge on any atom is 0.267 e. The fraction of sp³-hybridized carbons (Fsp3) is 0.444. The van der Waals surface area contributed by atoms with E-state index in [4.69, 9.17) is 0 Å². The Hall–Kier alpha value is -2.28. The minimum Gasteiger partial charge on any atom is -0.376 e. The molecule has 0 radical (unpaired) electrons. The fourth-order valence-electron chi connectivity index (χ4n) is 2.28. The third-order valence-corrected chi connectivity index (χ3v) is 3.33. The molecule has 0 saturated heterocycles. The molecule has 0 atom stereocenters. The number of amides is 1. The van der Waals surface area contributed by atoms with Crippen LogP contribution in [0.25, 0.3) is 0 Å². The summed E-state index contributed by atoms with van der Waals surface area (Å²) in [6.07, 6.45) is 3.63. The molecule has 1 N–H and O–H groups in total. The Bertz CT molecular complexity index is 578. The second kappa shape index (κ2) is 8.89. The van der Waals surface area contributed by atoms with Gasteiger partial charge in [0.05, 0.1) is 0 Å². The minimum absolute atomic E-state index is 0.141. The Morgan fingerprint density at radius 1 is 1.27 bits per heavy atom. The molecule has 0 bridgehead atoms. The van der Waals surface area contributed by atoms with Crippen LogP contribution in [0, 0.1) is 25.2 Å². The van der Waals surface area contributed by atoms with Crippen LogP contribution in [0.5, 0.6) is 0 Å². The zero-order valence-corrected chi connectivity index (χ0v) is 13.9. The lowest BCUT2D eigenvalue weighted by Gasteiger charge is -2.19. The average molecular weight is 299 g/mol. The van der Waals surface area contributed by atoms with E-state index in [1.165, 1.54) is 0 Å². The molecule has 0 unspecified atom stereocenters. The number of nitrogens with zero attached hydrogens (tertiary/aromatic N) is 2. The Balaban J connectivity index is 2.89. The van der Waals surface area contributed by atoms with Crippen LogP contribution < -0.4 is 5.32 Å². The summed E-state index contributed by atoms with van der Waals surface area (Å²) in [4.78, 5) is 14.3. The van der Waals surface area contributed by atoms with E-state index in [1.54, 1.807) is 6.20 Å². The average Bonchev–Trinajstić information content (AvgIpc) is 2.47. The SMILES string of the molecule is CCCN(/C=C(/C#N)C(=O)Nc1ccc(C)cc1C)CCC. The molecule has 1 aromatic rings. The highest BCUT2D eigenvalue weighted by atomic mass is 16.1. The van der Waals surface area contributed by atoms with Gasteiger partial charge in [-0.3, -0.25) is 4.79 Å². The van der Waals surface area contributed by atoms with E-state index in [1.807, 2.05) is 43.0 Å². The van der Waals surface area contributed by atoms with Crippen LogP contribution in [0.4, 0.5) is 5.69 Å². The number of anilines is 1. The molecular formula is C18H25N3O. The van der Waals surface area contributed by atoms with Crippen molar-refractivity contribution >= 4 is 11.6 Å². The van der Waals surface area contributed by atoms with Crippen molar-refractivity contribution in [3.63, 3.8) is 0 Å². The largest absolute Gasteiger partial charge is 0.376 e. The van der Waals surface area contributed by atoms with Crippen LogP contribution >= 0.6 is 0 Å². The number of hydrogen-bond acceptors (Lipinski definition) is 3. The molecule has 1 rings (SSSR count). The van der Waals surface area contributed by atoms with Gasteiger partial charge in [0.15, 0.2) is 0 Å². The lowest BCUT2D eigenvalue weighted by Crippen LogP contribution is -2.23. The molecular weight excluding hydrogens is 274 g/mol. The van der Waals surface area contributed by atoms with Crippen LogP contribution in [0.3, 0.4) is 0 Å². The number of benzene rings is 1. The molecule has 1 aromatic carbocycles. The van der Waals surface area contributed by atoms with Crippen molar-refractivity contribution in [2.45, 2.75) is 40.5 Å². The first-order valence-electron chi connectivity index (χ1n) is 7.76. The first-order valence-corrected chi connectivity index (χ1v) is 7.76. The number of carbonyl (C=O) groups excluding carboxylic acids is 1. The molecule has 4 heteroatoms. The molecule has 0 fully saturated rings. The molecule has 1 amide bonds. The lowest BCUT2D eigenvalue weighted by atomic mass is 10.1. The van der Waals surface area contributed by atoms with Gasteiger partial charge in [-0.25, -0.2) is 0 Å². The highest BCUT2D eigenvalue weighted by Crippen LogP contribution is 2.17. The molecule has 0 aromatic heterocycles. The molecule has 118 valence electrons. The molecule has 4 nitrogen and oxygen atoms in total. The van der Waals surface area contributed by atoms with E-state index in [0.717, 1.165) is 42.7 Å².